The van der Waals surface area contributed by atoms with Crippen molar-refractivity contribution in [3.63, 3.8) is 0 Å². The molecule has 0 aliphatic carbocycles. The molecule has 0 bridgehead atoms. The van der Waals surface area contributed by atoms with E-state index in [0.29, 0.717) is 31.6 Å². The van der Waals surface area contributed by atoms with Crippen LogP contribution in [0, 0.1) is 11.6 Å². The molecule has 0 radical (unpaired) electrons. The summed E-state index contributed by atoms with van der Waals surface area (Å²) in [5.74, 6) is -3.19. The van der Waals surface area contributed by atoms with E-state index in [-0.39, 0.29) is 29.3 Å². The molecule has 1 saturated heterocycles. The monoisotopic (exact) mass is 515 g/mol. The molecule has 196 valence electrons. The maximum absolute atomic E-state index is 15.4. The number of rotatable bonds is 8. The summed E-state index contributed by atoms with van der Waals surface area (Å²) < 4.78 is 83.5. The Kier molecular flexibility index (Phi) is 7.51. The number of aromatic carboxylic acids is 1. The summed E-state index contributed by atoms with van der Waals surface area (Å²) in [6, 6.07) is 3.83. The molecule has 0 unspecified atom stereocenters. The van der Waals surface area contributed by atoms with Crippen LogP contribution in [0.4, 0.5) is 32.0 Å². The molecule has 11 heteroatoms. The fraction of sp³-hybridized carbons (Fsp3) is 0.480. The van der Waals surface area contributed by atoms with E-state index in [2.05, 4.69) is 5.32 Å². The number of carboxylic acids is 1. The topological polar surface area (TPSA) is 55.8 Å². The van der Waals surface area contributed by atoms with Gasteiger partial charge in [-0.3, -0.25) is 14.2 Å². The van der Waals surface area contributed by atoms with Crippen LogP contribution in [0.25, 0.3) is 0 Å². The zero-order valence-electron chi connectivity index (χ0n) is 19.6. The van der Waals surface area contributed by atoms with Crippen LogP contribution < -0.4 is 5.32 Å². The van der Waals surface area contributed by atoms with Crippen molar-refractivity contribution in [1.29, 1.82) is 0 Å². The SMILES string of the molecule is C[C@@H]1Cc2cc(C(=O)O)ccc2[C@@H](c2c(F)cc(NC3CN(CCCF)C3)cc2F)N1CC(F)(F)F. The van der Waals surface area contributed by atoms with E-state index in [1.807, 2.05) is 4.90 Å². The van der Waals surface area contributed by atoms with Crippen LogP contribution in [0.1, 0.15) is 46.4 Å². The maximum Gasteiger partial charge on any atom is 0.401 e. The van der Waals surface area contributed by atoms with Gasteiger partial charge in [-0.25, -0.2) is 13.6 Å². The highest BCUT2D eigenvalue weighted by Crippen LogP contribution is 2.42. The smallest absolute Gasteiger partial charge is 0.401 e. The number of fused-ring (bicyclic) bond motifs is 1. The number of nitrogens with one attached hydrogen (secondary N) is 1. The number of alkyl halides is 4. The number of likely N-dealkylation sites (tertiary alicyclic amines) is 1. The molecule has 0 amide bonds. The highest BCUT2D eigenvalue weighted by molar-refractivity contribution is 5.88. The van der Waals surface area contributed by atoms with Gasteiger partial charge in [-0.2, -0.15) is 13.2 Å². The fourth-order valence-electron chi connectivity index (χ4n) is 5.12. The minimum atomic E-state index is -4.61. The lowest BCUT2D eigenvalue weighted by Crippen LogP contribution is -2.54. The Morgan fingerprint density at radius 2 is 1.81 bits per heavy atom. The van der Waals surface area contributed by atoms with Crippen molar-refractivity contribution < 1.29 is 36.2 Å². The Hall–Kier alpha value is -2.79. The molecular weight excluding hydrogens is 488 g/mol. The van der Waals surface area contributed by atoms with Gasteiger partial charge in [0.15, 0.2) is 0 Å². The van der Waals surface area contributed by atoms with Gasteiger partial charge < -0.3 is 10.4 Å². The molecule has 2 heterocycles. The van der Waals surface area contributed by atoms with Crippen LogP contribution in [-0.2, 0) is 6.42 Å². The maximum atomic E-state index is 15.4. The molecule has 1 fully saturated rings. The molecule has 2 atom stereocenters. The number of hydrogen-bond donors (Lipinski definition) is 2. The standard InChI is InChI=1S/C25H27F6N3O2/c1-14-7-16-8-15(24(35)36)3-4-19(16)23(34(14)13-25(29,30)31)22-20(27)9-17(10-21(22)28)32-18-11-33(12-18)6-2-5-26/h3-4,8-10,14,18,23,32H,2,5-7,11-13H2,1H3,(H,35,36)/t14-,23+/m1/s1. The van der Waals surface area contributed by atoms with E-state index in [0.717, 1.165) is 17.0 Å². The van der Waals surface area contributed by atoms with Crippen LogP contribution in [0.3, 0.4) is 0 Å². The Morgan fingerprint density at radius 3 is 2.39 bits per heavy atom. The van der Waals surface area contributed by atoms with Crippen molar-refractivity contribution in [3.05, 3.63) is 64.2 Å². The Morgan fingerprint density at radius 1 is 1.14 bits per heavy atom. The zero-order valence-corrected chi connectivity index (χ0v) is 19.6. The molecule has 0 spiro atoms. The first kappa shape index (κ1) is 26.3. The Balaban J connectivity index is 1.67. The molecule has 5 nitrogen and oxygen atoms in total. The highest BCUT2D eigenvalue weighted by Gasteiger charge is 2.42. The Bertz CT molecular complexity index is 1100. The highest BCUT2D eigenvalue weighted by atomic mass is 19.4. The predicted molar refractivity (Wildman–Crippen MR) is 122 cm³/mol. The van der Waals surface area contributed by atoms with E-state index < -0.39 is 54.6 Å². The summed E-state index contributed by atoms with van der Waals surface area (Å²) in [6.07, 6.45) is -4.10. The molecule has 0 aromatic heterocycles. The first-order valence-corrected chi connectivity index (χ1v) is 11.7. The summed E-state index contributed by atoms with van der Waals surface area (Å²) in [5, 5.41) is 12.3. The normalized spacial score (nSPS) is 21.2. The van der Waals surface area contributed by atoms with Crippen LogP contribution in [0.2, 0.25) is 0 Å². The van der Waals surface area contributed by atoms with E-state index in [1.165, 1.54) is 25.1 Å². The summed E-state index contributed by atoms with van der Waals surface area (Å²) in [5.41, 5.74) is 0.277. The first-order chi connectivity index (χ1) is 17.0. The molecule has 2 aliphatic rings. The van der Waals surface area contributed by atoms with Gasteiger partial charge >= 0.3 is 12.1 Å². The molecular formula is C25H27F6N3O2. The van der Waals surface area contributed by atoms with E-state index >= 15 is 8.78 Å². The van der Waals surface area contributed by atoms with Gasteiger partial charge in [0.05, 0.1) is 30.9 Å². The molecule has 2 aromatic carbocycles. The van der Waals surface area contributed by atoms with Crippen molar-refractivity contribution in [3.8, 4) is 0 Å². The third-order valence-electron chi connectivity index (χ3n) is 6.75. The Labute approximate surface area is 204 Å². The third-order valence-corrected chi connectivity index (χ3v) is 6.75. The van der Waals surface area contributed by atoms with E-state index in [4.69, 9.17) is 0 Å². The lowest BCUT2D eigenvalue weighted by molar-refractivity contribution is -0.155. The predicted octanol–water partition coefficient (Wildman–Crippen LogP) is 5.02. The summed E-state index contributed by atoms with van der Waals surface area (Å²) >= 11 is 0. The quantitative estimate of drug-likeness (QED) is 0.484. The molecule has 2 N–H and O–H groups in total. The van der Waals surface area contributed by atoms with Crippen LogP contribution in [0.5, 0.6) is 0 Å². The molecule has 36 heavy (non-hydrogen) atoms. The summed E-state index contributed by atoms with van der Waals surface area (Å²) in [4.78, 5) is 14.4. The van der Waals surface area contributed by atoms with Gasteiger partial charge in [-0.05, 0) is 55.2 Å². The minimum Gasteiger partial charge on any atom is -0.478 e. The van der Waals surface area contributed by atoms with E-state index in [1.54, 1.807) is 0 Å². The van der Waals surface area contributed by atoms with Gasteiger partial charge in [0, 0.05) is 36.9 Å². The molecule has 2 aliphatic heterocycles. The number of carboxylic acid groups (broad SMARTS) is 1. The number of benzene rings is 2. The zero-order chi connectivity index (χ0) is 26.2. The second-order valence-corrected chi connectivity index (χ2v) is 9.46. The van der Waals surface area contributed by atoms with Crippen LogP contribution in [-0.4, -0.2) is 72.0 Å². The van der Waals surface area contributed by atoms with Crippen molar-refractivity contribution >= 4 is 11.7 Å². The van der Waals surface area contributed by atoms with Crippen molar-refractivity contribution in [2.45, 2.75) is 44.1 Å². The van der Waals surface area contributed by atoms with Gasteiger partial charge in [0.1, 0.15) is 11.6 Å². The van der Waals surface area contributed by atoms with Gasteiger partial charge in [0.2, 0.25) is 0 Å². The number of hydrogen-bond acceptors (Lipinski definition) is 4. The lowest BCUT2D eigenvalue weighted by Gasteiger charge is -2.43. The number of nitrogens with zero attached hydrogens (tertiary/aromatic N) is 2. The van der Waals surface area contributed by atoms with Crippen molar-refractivity contribution in [2.24, 2.45) is 0 Å². The summed E-state index contributed by atoms with van der Waals surface area (Å²) in [6.45, 7) is 1.49. The largest absolute Gasteiger partial charge is 0.478 e. The van der Waals surface area contributed by atoms with E-state index in [9.17, 15) is 27.5 Å². The second kappa shape index (κ2) is 10.3. The van der Waals surface area contributed by atoms with Gasteiger partial charge in [0.25, 0.3) is 0 Å². The van der Waals surface area contributed by atoms with Crippen LogP contribution in [0.15, 0.2) is 30.3 Å². The molecule has 2 aromatic rings. The third kappa shape index (κ3) is 5.62. The average Bonchev–Trinajstić information content (AvgIpc) is 2.75. The minimum absolute atomic E-state index is 0.0504. The van der Waals surface area contributed by atoms with Crippen LogP contribution >= 0.6 is 0 Å². The van der Waals surface area contributed by atoms with Crippen molar-refractivity contribution in [1.82, 2.24) is 9.80 Å². The first-order valence-electron chi connectivity index (χ1n) is 11.7. The number of anilines is 1. The number of carbonyl (C=O) groups is 1. The molecule has 4 rings (SSSR count). The number of halogens is 6. The summed E-state index contributed by atoms with van der Waals surface area (Å²) in [7, 11) is 0. The van der Waals surface area contributed by atoms with Gasteiger partial charge in [-0.15, -0.1) is 0 Å². The second-order valence-electron chi connectivity index (χ2n) is 9.46. The lowest BCUT2D eigenvalue weighted by atomic mass is 9.83. The van der Waals surface area contributed by atoms with Crippen molar-refractivity contribution in [2.75, 3.05) is 38.2 Å². The fourth-order valence-corrected chi connectivity index (χ4v) is 5.12. The molecule has 0 saturated carbocycles. The average molecular weight is 515 g/mol. The van der Waals surface area contributed by atoms with Gasteiger partial charge in [-0.1, -0.05) is 6.07 Å².